The second-order valence-corrected chi connectivity index (χ2v) is 8.70. The SMILES string of the molecule is CCc1ccc(CCC(=O)N(Cc2ccccc2)[C@H](C)C(=O)NC2CCCCC2)cc1. The molecule has 0 bridgehead atoms. The number of carbonyl (C=O) groups excluding carboxylic acids is 2. The van der Waals surface area contributed by atoms with Crippen molar-refractivity contribution in [2.75, 3.05) is 0 Å². The molecule has 1 atom stereocenters. The van der Waals surface area contributed by atoms with Crippen molar-refractivity contribution in [3.05, 3.63) is 71.3 Å². The van der Waals surface area contributed by atoms with Gasteiger partial charge < -0.3 is 10.2 Å². The van der Waals surface area contributed by atoms with Gasteiger partial charge in [-0.25, -0.2) is 0 Å². The summed E-state index contributed by atoms with van der Waals surface area (Å²) < 4.78 is 0. The maximum atomic E-state index is 13.2. The zero-order chi connectivity index (χ0) is 22.1. The maximum absolute atomic E-state index is 13.2. The van der Waals surface area contributed by atoms with Gasteiger partial charge in [0.15, 0.2) is 0 Å². The summed E-state index contributed by atoms with van der Waals surface area (Å²) in [7, 11) is 0. The molecule has 1 saturated carbocycles. The van der Waals surface area contributed by atoms with E-state index in [2.05, 4.69) is 36.5 Å². The first-order valence-electron chi connectivity index (χ1n) is 11.8. The van der Waals surface area contributed by atoms with Gasteiger partial charge in [-0.15, -0.1) is 0 Å². The summed E-state index contributed by atoms with van der Waals surface area (Å²) in [6, 6.07) is 18.1. The number of nitrogens with one attached hydrogen (secondary N) is 1. The number of rotatable bonds is 9. The van der Waals surface area contributed by atoms with Gasteiger partial charge in [-0.2, -0.15) is 0 Å². The van der Waals surface area contributed by atoms with Gasteiger partial charge in [-0.05, 0) is 49.3 Å². The normalized spacial score (nSPS) is 15.3. The molecule has 2 amide bonds. The van der Waals surface area contributed by atoms with Gasteiger partial charge in [-0.1, -0.05) is 80.8 Å². The molecule has 31 heavy (non-hydrogen) atoms. The highest BCUT2D eigenvalue weighted by atomic mass is 16.2. The van der Waals surface area contributed by atoms with E-state index in [4.69, 9.17) is 0 Å². The Balaban J connectivity index is 1.66. The number of benzene rings is 2. The van der Waals surface area contributed by atoms with E-state index in [0.29, 0.717) is 19.4 Å². The van der Waals surface area contributed by atoms with Crippen LogP contribution in [0.15, 0.2) is 54.6 Å². The molecule has 2 aromatic rings. The summed E-state index contributed by atoms with van der Waals surface area (Å²) in [5.74, 6) is -0.0156. The van der Waals surface area contributed by atoms with Crippen LogP contribution in [0.1, 0.15) is 69.1 Å². The van der Waals surface area contributed by atoms with E-state index in [-0.39, 0.29) is 17.9 Å². The van der Waals surface area contributed by atoms with Gasteiger partial charge in [0.05, 0.1) is 0 Å². The van der Waals surface area contributed by atoms with Crippen LogP contribution < -0.4 is 5.32 Å². The van der Waals surface area contributed by atoms with E-state index in [1.807, 2.05) is 37.3 Å². The molecule has 4 nitrogen and oxygen atoms in total. The Morgan fingerprint density at radius 2 is 1.58 bits per heavy atom. The summed E-state index contributed by atoms with van der Waals surface area (Å²) in [6.07, 6.45) is 7.77. The first kappa shape index (κ1) is 23.1. The van der Waals surface area contributed by atoms with E-state index in [9.17, 15) is 9.59 Å². The van der Waals surface area contributed by atoms with Crippen LogP contribution in [-0.2, 0) is 29.0 Å². The molecule has 0 spiro atoms. The minimum absolute atomic E-state index is 0.0229. The van der Waals surface area contributed by atoms with Gasteiger partial charge in [0.25, 0.3) is 0 Å². The zero-order valence-electron chi connectivity index (χ0n) is 19.0. The first-order chi connectivity index (χ1) is 15.1. The molecule has 1 N–H and O–H groups in total. The first-order valence-corrected chi connectivity index (χ1v) is 11.8. The van der Waals surface area contributed by atoms with Crippen molar-refractivity contribution in [2.45, 2.75) is 83.8 Å². The van der Waals surface area contributed by atoms with E-state index in [1.165, 1.54) is 24.8 Å². The lowest BCUT2D eigenvalue weighted by molar-refractivity contribution is -0.141. The third-order valence-corrected chi connectivity index (χ3v) is 6.37. The maximum Gasteiger partial charge on any atom is 0.242 e. The molecule has 0 aromatic heterocycles. The molecule has 0 aliphatic heterocycles. The molecule has 0 unspecified atom stereocenters. The lowest BCUT2D eigenvalue weighted by Crippen LogP contribution is -2.50. The quantitative estimate of drug-likeness (QED) is 0.617. The molecule has 4 heteroatoms. The van der Waals surface area contributed by atoms with Crippen molar-refractivity contribution in [3.63, 3.8) is 0 Å². The fourth-order valence-electron chi connectivity index (χ4n) is 4.27. The molecule has 0 saturated heterocycles. The zero-order valence-corrected chi connectivity index (χ0v) is 19.0. The lowest BCUT2D eigenvalue weighted by atomic mass is 9.95. The Kier molecular flexibility index (Phi) is 8.69. The number of amides is 2. The van der Waals surface area contributed by atoms with E-state index >= 15 is 0 Å². The van der Waals surface area contributed by atoms with Crippen LogP contribution in [-0.4, -0.2) is 28.8 Å². The highest BCUT2D eigenvalue weighted by Crippen LogP contribution is 2.19. The van der Waals surface area contributed by atoms with Gasteiger partial charge in [-0.3, -0.25) is 9.59 Å². The largest absolute Gasteiger partial charge is 0.352 e. The van der Waals surface area contributed by atoms with Gasteiger partial charge in [0.1, 0.15) is 6.04 Å². The second-order valence-electron chi connectivity index (χ2n) is 8.70. The number of carbonyl (C=O) groups is 2. The fraction of sp³-hybridized carbons (Fsp3) is 0.481. The highest BCUT2D eigenvalue weighted by molar-refractivity contribution is 5.87. The van der Waals surface area contributed by atoms with Crippen LogP contribution in [0.5, 0.6) is 0 Å². The minimum Gasteiger partial charge on any atom is -0.352 e. The van der Waals surface area contributed by atoms with Crippen molar-refractivity contribution in [3.8, 4) is 0 Å². The number of hydrogen-bond donors (Lipinski definition) is 1. The summed E-state index contributed by atoms with van der Waals surface area (Å²) >= 11 is 0. The molecule has 1 fully saturated rings. The Labute approximate surface area is 187 Å². The Bertz CT molecular complexity index is 826. The minimum atomic E-state index is -0.489. The molecule has 3 rings (SSSR count). The third kappa shape index (κ3) is 6.95. The molecule has 166 valence electrons. The molecule has 1 aliphatic carbocycles. The molecule has 2 aromatic carbocycles. The van der Waals surface area contributed by atoms with Crippen LogP contribution in [0.2, 0.25) is 0 Å². The summed E-state index contributed by atoms with van der Waals surface area (Å²) in [5.41, 5.74) is 3.50. The fourth-order valence-corrected chi connectivity index (χ4v) is 4.27. The Hall–Kier alpha value is -2.62. The van der Waals surface area contributed by atoms with E-state index in [0.717, 1.165) is 30.4 Å². The standard InChI is InChI=1S/C27H36N2O2/c1-3-22-14-16-23(17-15-22)18-19-26(30)29(20-24-10-6-4-7-11-24)21(2)27(31)28-25-12-8-5-9-13-25/h4,6-7,10-11,14-17,21,25H,3,5,8-9,12-13,18-20H2,1-2H3,(H,28,31)/t21-/m1/s1. The average Bonchev–Trinajstić information content (AvgIpc) is 2.82. The van der Waals surface area contributed by atoms with Crippen molar-refractivity contribution in [2.24, 2.45) is 0 Å². The van der Waals surface area contributed by atoms with Crippen molar-refractivity contribution >= 4 is 11.8 Å². The summed E-state index contributed by atoms with van der Waals surface area (Å²) in [6.45, 7) is 4.45. The Morgan fingerprint density at radius 1 is 0.935 bits per heavy atom. The molecule has 0 heterocycles. The van der Waals surface area contributed by atoms with Crippen molar-refractivity contribution < 1.29 is 9.59 Å². The predicted molar refractivity (Wildman–Crippen MR) is 126 cm³/mol. The van der Waals surface area contributed by atoms with Crippen molar-refractivity contribution in [1.29, 1.82) is 0 Å². The van der Waals surface area contributed by atoms with Crippen LogP contribution in [0, 0.1) is 0 Å². The Morgan fingerprint density at radius 3 is 2.23 bits per heavy atom. The molecule has 1 aliphatic rings. The van der Waals surface area contributed by atoms with Gasteiger partial charge in [0.2, 0.25) is 11.8 Å². The van der Waals surface area contributed by atoms with Gasteiger partial charge >= 0.3 is 0 Å². The van der Waals surface area contributed by atoms with Crippen molar-refractivity contribution in [1.82, 2.24) is 10.2 Å². The summed E-state index contributed by atoms with van der Waals surface area (Å²) in [5, 5.41) is 3.19. The van der Waals surface area contributed by atoms with E-state index < -0.39 is 6.04 Å². The van der Waals surface area contributed by atoms with Crippen LogP contribution in [0.25, 0.3) is 0 Å². The lowest BCUT2D eigenvalue weighted by Gasteiger charge is -2.31. The highest BCUT2D eigenvalue weighted by Gasteiger charge is 2.27. The third-order valence-electron chi connectivity index (χ3n) is 6.37. The summed E-state index contributed by atoms with van der Waals surface area (Å²) in [4.78, 5) is 28.0. The van der Waals surface area contributed by atoms with E-state index in [1.54, 1.807) is 4.90 Å². The van der Waals surface area contributed by atoms with Gasteiger partial charge in [0, 0.05) is 19.0 Å². The van der Waals surface area contributed by atoms with Crippen LogP contribution in [0.4, 0.5) is 0 Å². The topological polar surface area (TPSA) is 49.4 Å². The monoisotopic (exact) mass is 420 g/mol. The molecular weight excluding hydrogens is 384 g/mol. The average molecular weight is 421 g/mol. The number of hydrogen-bond acceptors (Lipinski definition) is 2. The van der Waals surface area contributed by atoms with Crippen LogP contribution >= 0.6 is 0 Å². The molecular formula is C27H36N2O2. The smallest absolute Gasteiger partial charge is 0.242 e. The predicted octanol–water partition coefficient (Wildman–Crippen LogP) is 5.05. The number of nitrogens with zero attached hydrogens (tertiary/aromatic N) is 1. The van der Waals surface area contributed by atoms with Crippen LogP contribution in [0.3, 0.4) is 0 Å². The second kappa shape index (κ2) is 11.7. The molecule has 0 radical (unpaired) electrons. The number of aryl methyl sites for hydroxylation is 2.